The molecule has 0 spiro atoms. The molecule has 0 fully saturated rings. The predicted octanol–water partition coefficient (Wildman–Crippen LogP) is 3.54. The van der Waals surface area contributed by atoms with Crippen LogP contribution < -0.4 is 9.62 Å². The Hall–Kier alpha value is -2.91. The Labute approximate surface area is 222 Å². The Morgan fingerprint density at radius 1 is 1.00 bits per heavy atom. The molecule has 2 aromatic carbocycles. The van der Waals surface area contributed by atoms with Crippen molar-refractivity contribution in [2.75, 3.05) is 38.0 Å². The number of anilines is 1. The Morgan fingerprint density at radius 2 is 1.65 bits per heavy atom. The maximum atomic E-state index is 13.9. The molecule has 37 heavy (non-hydrogen) atoms. The van der Waals surface area contributed by atoms with Gasteiger partial charge in [0.2, 0.25) is 11.8 Å². The summed E-state index contributed by atoms with van der Waals surface area (Å²) in [5, 5.41) is 2.94. The molecular formula is C28H42N4O4S. The van der Waals surface area contributed by atoms with Crippen molar-refractivity contribution in [2.45, 2.75) is 53.5 Å². The number of hydrogen-bond acceptors (Lipinski definition) is 4. The Kier molecular flexibility index (Phi) is 11.1. The number of rotatable bonds is 13. The van der Waals surface area contributed by atoms with Crippen molar-refractivity contribution in [1.82, 2.24) is 14.5 Å². The van der Waals surface area contributed by atoms with Crippen LogP contribution in [0.2, 0.25) is 0 Å². The van der Waals surface area contributed by atoms with Gasteiger partial charge in [-0.2, -0.15) is 12.7 Å². The minimum Gasteiger partial charge on any atom is -0.354 e. The molecule has 0 heterocycles. The van der Waals surface area contributed by atoms with Crippen molar-refractivity contribution in [3.63, 3.8) is 0 Å². The highest BCUT2D eigenvalue weighted by Crippen LogP contribution is 2.26. The van der Waals surface area contributed by atoms with E-state index >= 15 is 0 Å². The first-order chi connectivity index (χ1) is 17.4. The monoisotopic (exact) mass is 530 g/mol. The van der Waals surface area contributed by atoms with Gasteiger partial charge in [-0.1, -0.05) is 63.2 Å². The third-order valence-corrected chi connectivity index (χ3v) is 8.01. The third kappa shape index (κ3) is 8.30. The number of carbonyl (C=O) groups is 2. The van der Waals surface area contributed by atoms with Gasteiger partial charge in [0, 0.05) is 27.2 Å². The largest absolute Gasteiger partial charge is 0.354 e. The van der Waals surface area contributed by atoms with E-state index in [9.17, 15) is 18.0 Å². The predicted molar refractivity (Wildman–Crippen MR) is 150 cm³/mol. The lowest BCUT2D eigenvalue weighted by Gasteiger charge is -2.34. The molecule has 2 amide bonds. The molecule has 0 aliphatic carbocycles. The first kappa shape index (κ1) is 30.3. The average Bonchev–Trinajstić information content (AvgIpc) is 2.85. The Bertz CT molecular complexity index is 1150. The van der Waals surface area contributed by atoms with E-state index in [4.69, 9.17) is 0 Å². The second-order valence-corrected chi connectivity index (χ2v) is 12.0. The van der Waals surface area contributed by atoms with Gasteiger partial charge in [-0.15, -0.1) is 0 Å². The molecule has 0 aliphatic heterocycles. The summed E-state index contributed by atoms with van der Waals surface area (Å²) in [6.07, 6.45) is 0.957. The summed E-state index contributed by atoms with van der Waals surface area (Å²) in [7, 11) is -1.09. The molecule has 1 N–H and O–H groups in total. The quantitative estimate of drug-likeness (QED) is 0.429. The van der Waals surface area contributed by atoms with E-state index < -0.39 is 28.7 Å². The van der Waals surface area contributed by atoms with Gasteiger partial charge in [0.1, 0.15) is 12.6 Å². The number of benzene rings is 2. The molecule has 8 nitrogen and oxygen atoms in total. The molecule has 204 valence electrons. The highest BCUT2D eigenvalue weighted by molar-refractivity contribution is 7.90. The summed E-state index contributed by atoms with van der Waals surface area (Å²) in [5.41, 5.74) is 3.10. The maximum Gasteiger partial charge on any atom is 0.304 e. The fourth-order valence-corrected chi connectivity index (χ4v) is 5.12. The van der Waals surface area contributed by atoms with Crippen molar-refractivity contribution in [1.29, 1.82) is 0 Å². The average molecular weight is 531 g/mol. The van der Waals surface area contributed by atoms with Gasteiger partial charge in [-0.3, -0.25) is 9.59 Å². The second kappa shape index (κ2) is 13.6. The summed E-state index contributed by atoms with van der Waals surface area (Å²) in [4.78, 5) is 28.6. The molecule has 1 atom stereocenters. The van der Waals surface area contributed by atoms with Crippen molar-refractivity contribution in [3.8, 4) is 0 Å². The van der Waals surface area contributed by atoms with Crippen LogP contribution >= 0.6 is 0 Å². The molecule has 9 heteroatoms. The van der Waals surface area contributed by atoms with E-state index in [0.29, 0.717) is 31.6 Å². The van der Waals surface area contributed by atoms with Crippen molar-refractivity contribution >= 4 is 27.7 Å². The van der Waals surface area contributed by atoms with Crippen LogP contribution in [0.15, 0.2) is 48.5 Å². The first-order valence-corrected chi connectivity index (χ1v) is 14.2. The fourth-order valence-electron chi connectivity index (χ4n) is 4.01. The van der Waals surface area contributed by atoms with Crippen LogP contribution in [0, 0.1) is 19.8 Å². The van der Waals surface area contributed by atoms with Gasteiger partial charge in [-0.25, -0.2) is 4.31 Å². The molecule has 2 rings (SSSR count). The van der Waals surface area contributed by atoms with E-state index in [1.807, 2.05) is 77.1 Å². The van der Waals surface area contributed by atoms with Crippen LogP contribution in [0.4, 0.5) is 5.69 Å². The number of amides is 2. The van der Waals surface area contributed by atoms with Crippen LogP contribution in [0.3, 0.4) is 0 Å². The zero-order chi connectivity index (χ0) is 27.8. The van der Waals surface area contributed by atoms with Gasteiger partial charge < -0.3 is 10.2 Å². The number of nitrogens with one attached hydrogen (secondary N) is 1. The lowest BCUT2D eigenvalue weighted by molar-refractivity contribution is -0.139. The zero-order valence-corrected chi connectivity index (χ0v) is 24.0. The van der Waals surface area contributed by atoms with E-state index in [-0.39, 0.29) is 11.8 Å². The van der Waals surface area contributed by atoms with Gasteiger partial charge in [0.15, 0.2) is 0 Å². The zero-order valence-electron chi connectivity index (χ0n) is 23.2. The van der Waals surface area contributed by atoms with Crippen molar-refractivity contribution < 1.29 is 18.0 Å². The lowest BCUT2D eigenvalue weighted by Crippen LogP contribution is -2.54. The maximum absolute atomic E-state index is 13.9. The highest BCUT2D eigenvalue weighted by atomic mass is 32.2. The number of carbonyl (C=O) groups excluding carboxylic acids is 2. The standard InChI is InChI=1S/C28H42N4O4S/c1-8-25(28(34)29-19-21(2)3)31(17-16-24-12-10-9-11-13-24)27(33)20-32(37(35,36)30(6)7)26-18-22(4)14-15-23(26)5/h9-15,18,21,25H,8,16-17,19-20H2,1-7H3,(H,29,34)/t25-/m1/s1. The number of nitrogens with zero attached hydrogens (tertiary/aromatic N) is 3. The normalized spacial score (nSPS) is 12.5. The van der Waals surface area contributed by atoms with E-state index in [2.05, 4.69) is 5.32 Å². The summed E-state index contributed by atoms with van der Waals surface area (Å²) >= 11 is 0. The summed E-state index contributed by atoms with van der Waals surface area (Å²) < 4.78 is 29.0. The summed E-state index contributed by atoms with van der Waals surface area (Å²) in [5.74, 6) is -0.389. The Balaban J connectivity index is 2.46. The molecule has 0 saturated heterocycles. The Morgan fingerprint density at radius 3 is 2.22 bits per heavy atom. The van der Waals surface area contributed by atoms with Crippen molar-refractivity contribution in [2.24, 2.45) is 5.92 Å². The third-order valence-electron chi connectivity index (χ3n) is 6.21. The molecule has 0 radical (unpaired) electrons. The molecular weight excluding hydrogens is 488 g/mol. The lowest BCUT2D eigenvalue weighted by atomic mass is 10.1. The molecule has 0 unspecified atom stereocenters. The van der Waals surface area contributed by atoms with Crippen LogP contribution in [0.1, 0.15) is 43.9 Å². The van der Waals surface area contributed by atoms with Crippen molar-refractivity contribution in [3.05, 3.63) is 65.2 Å². The van der Waals surface area contributed by atoms with E-state index in [0.717, 1.165) is 25.3 Å². The number of aryl methyl sites for hydroxylation is 2. The molecule has 0 aliphatic rings. The molecule has 0 bridgehead atoms. The molecule has 2 aromatic rings. The molecule has 0 aromatic heterocycles. The number of hydrogen-bond donors (Lipinski definition) is 1. The van der Waals surface area contributed by atoms with E-state index in [1.165, 1.54) is 19.0 Å². The van der Waals surface area contributed by atoms with E-state index in [1.54, 1.807) is 6.07 Å². The summed E-state index contributed by atoms with van der Waals surface area (Å²) in [6, 6.07) is 14.5. The minimum atomic E-state index is -3.98. The summed E-state index contributed by atoms with van der Waals surface area (Å²) in [6.45, 7) is 9.96. The smallest absolute Gasteiger partial charge is 0.304 e. The van der Waals surface area contributed by atoms with Crippen LogP contribution in [0.25, 0.3) is 0 Å². The van der Waals surface area contributed by atoms with Gasteiger partial charge >= 0.3 is 10.2 Å². The SMILES string of the molecule is CC[C@H](C(=O)NCC(C)C)N(CCc1ccccc1)C(=O)CN(c1cc(C)ccc1C)S(=O)(=O)N(C)C. The topological polar surface area (TPSA) is 90.0 Å². The van der Waals surface area contributed by atoms with Gasteiger partial charge in [0.05, 0.1) is 5.69 Å². The first-order valence-electron chi connectivity index (χ1n) is 12.8. The van der Waals surface area contributed by atoms with Gasteiger partial charge in [-0.05, 0) is 55.4 Å². The minimum absolute atomic E-state index is 0.230. The second-order valence-electron chi connectivity index (χ2n) is 9.97. The fraction of sp³-hybridized carbons (Fsp3) is 0.500. The van der Waals surface area contributed by atoms with Gasteiger partial charge in [0.25, 0.3) is 0 Å². The highest BCUT2D eigenvalue weighted by Gasteiger charge is 2.34. The molecule has 0 saturated carbocycles. The van der Waals surface area contributed by atoms with Crippen LogP contribution in [-0.2, 0) is 26.2 Å². The van der Waals surface area contributed by atoms with Crippen LogP contribution in [0.5, 0.6) is 0 Å². The van der Waals surface area contributed by atoms with Crippen LogP contribution in [-0.4, -0.2) is 69.2 Å².